The van der Waals surface area contributed by atoms with E-state index < -0.39 is 0 Å². The summed E-state index contributed by atoms with van der Waals surface area (Å²) in [6.07, 6.45) is 9.01. The summed E-state index contributed by atoms with van der Waals surface area (Å²) in [6.45, 7) is 4.44. The Morgan fingerprint density at radius 3 is 3.00 bits per heavy atom. The summed E-state index contributed by atoms with van der Waals surface area (Å²) in [6, 6.07) is 2.02. The number of hydrogen-bond acceptors (Lipinski definition) is 3. The van der Waals surface area contributed by atoms with E-state index in [-0.39, 0.29) is 0 Å². The molecule has 0 radical (unpaired) electrons. The normalized spacial score (nSPS) is 9.67. The van der Waals surface area contributed by atoms with E-state index in [1.54, 1.807) is 6.20 Å². The van der Waals surface area contributed by atoms with Crippen LogP contribution >= 0.6 is 0 Å². The molecule has 3 nitrogen and oxygen atoms in total. The van der Waals surface area contributed by atoms with Crippen LogP contribution in [0, 0.1) is 12.3 Å². The first-order chi connectivity index (χ1) is 7.33. The zero-order valence-electron chi connectivity index (χ0n) is 9.33. The van der Waals surface area contributed by atoms with Crippen molar-refractivity contribution in [1.82, 2.24) is 10.3 Å². The van der Waals surface area contributed by atoms with E-state index in [1.165, 1.54) is 5.56 Å². The van der Waals surface area contributed by atoms with Gasteiger partial charge in [0.1, 0.15) is 0 Å². The van der Waals surface area contributed by atoms with Crippen LogP contribution in [0.25, 0.3) is 0 Å². The molecule has 0 atom stereocenters. The van der Waals surface area contributed by atoms with Crippen molar-refractivity contribution in [3.63, 3.8) is 0 Å². The van der Waals surface area contributed by atoms with Crippen LogP contribution in [-0.2, 0) is 6.54 Å². The van der Waals surface area contributed by atoms with Gasteiger partial charge in [0.2, 0.25) is 0 Å². The highest BCUT2D eigenvalue weighted by Crippen LogP contribution is 2.18. The maximum absolute atomic E-state index is 5.34. The van der Waals surface area contributed by atoms with Gasteiger partial charge in [-0.05, 0) is 25.6 Å². The number of nitrogens with zero attached hydrogens (tertiary/aromatic N) is 2. The SMILES string of the molecule is C#CCN(CC)c1cnccc1CNC. The quantitative estimate of drug-likeness (QED) is 0.730. The first-order valence-corrected chi connectivity index (χ1v) is 5.09. The third-order valence-electron chi connectivity index (χ3n) is 2.26. The summed E-state index contributed by atoms with van der Waals surface area (Å²) in [4.78, 5) is 6.28. The number of terminal acetylenes is 1. The van der Waals surface area contributed by atoms with Crippen molar-refractivity contribution in [3.05, 3.63) is 24.0 Å². The van der Waals surface area contributed by atoms with Gasteiger partial charge in [-0.2, -0.15) is 0 Å². The smallest absolute Gasteiger partial charge is 0.0792 e. The van der Waals surface area contributed by atoms with Crippen molar-refractivity contribution in [2.45, 2.75) is 13.5 Å². The third kappa shape index (κ3) is 2.97. The van der Waals surface area contributed by atoms with Gasteiger partial charge >= 0.3 is 0 Å². The van der Waals surface area contributed by atoms with E-state index in [0.717, 1.165) is 18.8 Å². The van der Waals surface area contributed by atoms with Crippen molar-refractivity contribution in [3.8, 4) is 12.3 Å². The summed E-state index contributed by atoms with van der Waals surface area (Å²) in [5.41, 5.74) is 2.34. The largest absolute Gasteiger partial charge is 0.359 e. The van der Waals surface area contributed by atoms with Crippen LogP contribution in [0.1, 0.15) is 12.5 Å². The van der Waals surface area contributed by atoms with Gasteiger partial charge in [-0.3, -0.25) is 4.98 Å². The molecule has 0 bridgehead atoms. The van der Waals surface area contributed by atoms with Crippen molar-refractivity contribution < 1.29 is 0 Å². The standard InChI is InChI=1S/C12H17N3/c1-4-8-15(5-2)12-10-14-7-6-11(12)9-13-3/h1,6-7,10,13H,5,8-9H2,2-3H3. The van der Waals surface area contributed by atoms with Gasteiger partial charge < -0.3 is 10.2 Å². The molecule has 0 saturated heterocycles. The molecule has 1 aromatic heterocycles. The molecule has 0 aliphatic heterocycles. The summed E-state index contributed by atoms with van der Waals surface area (Å²) in [7, 11) is 1.93. The second-order valence-corrected chi connectivity index (χ2v) is 3.25. The van der Waals surface area contributed by atoms with Crippen LogP contribution in [0.2, 0.25) is 0 Å². The van der Waals surface area contributed by atoms with Crippen LogP contribution in [0.15, 0.2) is 18.5 Å². The predicted octanol–water partition coefficient (Wildman–Crippen LogP) is 1.26. The molecule has 0 aliphatic carbocycles. The molecule has 0 unspecified atom stereocenters. The van der Waals surface area contributed by atoms with Crippen molar-refractivity contribution >= 4 is 5.69 Å². The van der Waals surface area contributed by atoms with Gasteiger partial charge in [0.05, 0.1) is 18.4 Å². The first kappa shape index (κ1) is 11.5. The molecule has 0 spiro atoms. The highest BCUT2D eigenvalue weighted by atomic mass is 15.1. The Hall–Kier alpha value is -1.53. The maximum Gasteiger partial charge on any atom is 0.0792 e. The van der Waals surface area contributed by atoms with Gasteiger partial charge in [-0.15, -0.1) is 6.42 Å². The van der Waals surface area contributed by atoms with E-state index in [0.29, 0.717) is 6.54 Å². The number of nitrogens with one attached hydrogen (secondary N) is 1. The van der Waals surface area contributed by atoms with Gasteiger partial charge in [-0.25, -0.2) is 0 Å². The molecule has 1 heterocycles. The van der Waals surface area contributed by atoms with Crippen molar-refractivity contribution in [2.24, 2.45) is 0 Å². The van der Waals surface area contributed by atoms with Gasteiger partial charge in [0, 0.05) is 19.3 Å². The average molecular weight is 203 g/mol. The molecule has 0 saturated carbocycles. The molecular weight excluding hydrogens is 186 g/mol. The fourth-order valence-electron chi connectivity index (χ4n) is 1.52. The summed E-state index contributed by atoms with van der Waals surface area (Å²) >= 11 is 0. The molecule has 1 rings (SSSR count). The highest BCUT2D eigenvalue weighted by molar-refractivity contribution is 5.52. The minimum atomic E-state index is 0.624. The minimum Gasteiger partial charge on any atom is -0.359 e. The average Bonchev–Trinajstić information content (AvgIpc) is 2.27. The highest BCUT2D eigenvalue weighted by Gasteiger charge is 2.07. The lowest BCUT2D eigenvalue weighted by atomic mass is 10.2. The topological polar surface area (TPSA) is 28.2 Å². The van der Waals surface area contributed by atoms with E-state index in [1.807, 2.05) is 19.3 Å². The fourth-order valence-corrected chi connectivity index (χ4v) is 1.52. The number of rotatable bonds is 5. The molecular formula is C12H17N3. The summed E-state index contributed by atoms with van der Waals surface area (Å²) < 4.78 is 0. The lowest BCUT2D eigenvalue weighted by Crippen LogP contribution is -2.25. The molecule has 3 heteroatoms. The molecule has 0 fully saturated rings. The van der Waals surface area contributed by atoms with E-state index >= 15 is 0 Å². The van der Waals surface area contributed by atoms with Crippen LogP contribution in [0.4, 0.5) is 5.69 Å². The Balaban J connectivity index is 2.94. The van der Waals surface area contributed by atoms with Crippen LogP contribution in [0.3, 0.4) is 0 Å². The van der Waals surface area contributed by atoms with Gasteiger partial charge in [0.25, 0.3) is 0 Å². The van der Waals surface area contributed by atoms with Crippen LogP contribution in [-0.4, -0.2) is 25.1 Å². The third-order valence-corrected chi connectivity index (χ3v) is 2.26. The van der Waals surface area contributed by atoms with Gasteiger partial charge in [0.15, 0.2) is 0 Å². The Morgan fingerprint density at radius 1 is 1.60 bits per heavy atom. The lowest BCUT2D eigenvalue weighted by Gasteiger charge is -2.22. The molecule has 0 aromatic carbocycles. The molecule has 1 N–H and O–H groups in total. The lowest BCUT2D eigenvalue weighted by molar-refractivity contribution is 0.801. The van der Waals surface area contributed by atoms with E-state index in [4.69, 9.17) is 6.42 Å². The fraction of sp³-hybridized carbons (Fsp3) is 0.417. The molecule has 15 heavy (non-hydrogen) atoms. The number of aromatic nitrogens is 1. The molecule has 1 aromatic rings. The zero-order chi connectivity index (χ0) is 11.1. The van der Waals surface area contributed by atoms with Crippen molar-refractivity contribution in [2.75, 3.05) is 25.0 Å². The maximum atomic E-state index is 5.34. The van der Waals surface area contributed by atoms with Crippen molar-refractivity contribution in [1.29, 1.82) is 0 Å². The Morgan fingerprint density at radius 2 is 2.40 bits per heavy atom. The van der Waals surface area contributed by atoms with E-state index in [2.05, 4.69) is 28.0 Å². The molecule has 80 valence electrons. The second-order valence-electron chi connectivity index (χ2n) is 3.25. The summed E-state index contributed by atoms with van der Waals surface area (Å²) in [5, 5.41) is 3.14. The van der Waals surface area contributed by atoms with Crippen LogP contribution < -0.4 is 10.2 Å². The Bertz CT molecular complexity index is 341. The predicted molar refractivity (Wildman–Crippen MR) is 63.7 cm³/mol. The second kappa shape index (κ2) is 6.05. The number of hydrogen-bond donors (Lipinski definition) is 1. The monoisotopic (exact) mass is 203 g/mol. The Kier molecular flexibility index (Phi) is 4.65. The summed E-state index contributed by atoms with van der Waals surface area (Å²) in [5.74, 6) is 2.66. The van der Waals surface area contributed by atoms with E-state index in [9.17, 15) is 0 Å². The Labute approximate surface area is 91.5 Å². The zero-order valence-corrected chi connectivity index (χ0v) is 9.33. The number of pyridine rings is 1. The minimum absolute atomic E-state index is 0.624. The van der Waals surface area contributed by atoms with Crippen LogP contribution in [0.5, 0.6) is 0 Å². The van der Waals surface area contributed by atoms with Gasteiger partial charge in [-0.1, -0.05) is 5.92 Å². The molecule has 0 aliphatic rings. The first-order valence-electron chi connectivity index (χ1n) is 5.09. The molecule has 0 amide bonds. The number of anilines is 1.